The summed E-state index contributed by atoms with van der Waals surface area (Å²) < 4.78 is 0.290. The molecule has 28 heavy (non-hydrogen) atoms. The average molecular weight is 413 g/mol. The van der Waals surface area contributed by atoms with Gasteiger partial charge in [-0.05, 0) is 42.3 Å². The van der Waals surface area contributed by atoms with Crippen molar-refractivity contribution >= 4 is 57.6 Å². The quantitative estimate of drug-likeness (QED) is 0.347. The summed E-state index contributed by atoms with van der Waals surface area (Å²) >= 11 is 6.33. The number of nitro groups is 1. The van der Waals surface area contributed by atoms with Gasteiger partial charge in [0.15, 0.2) is 0 Å². The van der Waals surface area contributed by atoms with Crippen LogP contribution in [0.25, 0.3) is 6.08 Å². The number of aryl methyl sites for hydroxylation is 1. The molecule has 1 fully saturated rings. The monoisotopic (exact) mass is 413 g/mol. The van der Waals surface area contributed by atoms with Gasteiger partial charge in [0, 0.05) is 17.8 Å². The Morgan fingerprint density at radius 1 is 1.25 bits per heavy atom. The van der Waals surface area contributed by atoms with Crippen LogP contribution in [0.4, 0.5) is 11.4 Å². The van der Waals surface area contributed by atoms with Gasteiger partial charge in [0.05, 0.1) is 9.83 Å². The predicted molar refractivity (Wildman–Crippen MR) is 113 cm³/mol. The standard InChI is InChI=1S/C19H15N3O4S2/c1-12-4-2-3-5-15(12)20-17(23)11-21-18(24)16(28-19(21)27)10-13-6-8-14(9-7-13)22(25)26/h2-10H,11H2,1H3,(H,20,23)/b16-10-. The number of nitrogens with one attached hydrogen (secondary N) is 1. The summed E-state index contributed by atoms with van der Waals surface area (Å²) in [6, 6.07) is 13.2. The molecule has 1 heterocycles. The zero-order valence-electron chi connectivity index (χ0n) is 14.7. The van der Waals surface area contributed by atoms with Gasteiger partial charge < -0.3 is 5.32 Å². The Bertz CT molecular complexity index is 1000. The van der Waals surface area contributed by atoms with Crippen molar-refractivity contribution in [3.8, 4) is 0 Å². The Balaban J connectivity index is 1.70. The maximum Gasteiger partial charge on any atom is 0.269 e. The fraction of sp³-hybridized carbons (Fsp3) is 0.105. The summed E-state index contributed by atoms with van der Waals surface area (Å²) in [6.07, 6.45) is 1.60. The van der Waals surface area contributed by atoms with Crippen LogP contribution in [-0.2, 0) is 9.59 Å². The molecular formula is C19H15N3O4S2. The minimum absolute atomic E-state index is 0.0300. The van der Waals surface area contributed by atoms with Crippen molar-refractivity contribution in [2.75, 3.05) is 11.9 Å². The molecule has 1 N–H and O–H groups in total. The number of hydrogen-bond donors (Lipinski definition) is 1. The van der Waals surface area contributed by atoms with E-state index in [1.807, 2.05) is 25.1 Å². The molecule has 0 bridgehead atoms. The third-order valence-corrected chi connectivity index (χ3v) is 5.37. The van der Waals surface area contributed by atoms with E-state index in [1.54, 1.807) is 24.3 Å². The third kappa shape index (κ3) is 4.44. The summed E-state index contributed by atoms with van der Waals surface area (Å²) in [5.41, 5.74) is 2.20. The van der Waals surface area contributed by atoms with Crippen molar-refractivity contribution < 1.29 is 14.5 Å². The number of carbonyl (C=O) groups excluding carboxylic acids is 2. The second kappa shape index (κ2) is 8.32. The molecule has 1 aliphatic rings. The molecule has 7 nitrogen and oxygen atoms in total. The minimum atomic E-state index is -0.490. The third-order valence-electron chi connectivity index (χ3n) is 4.00. The SMILES string of the molecule is Cc1ccccc1NC(=O)CN1C(=O)/C(=C/c2ccc([N+](=O)[O-])cc2)SC1=S. The van der Waals surface area contributed by atoms with Gasteiger partial charge >= 0.3 is 0 Å². The Kier molecular flexibility index (Phi) is 5.86. The maximum atomic E-state index is 12.6. The topological polar surface area (TPSA) is 92.6 Å². The van der Waals surface area contributed by atoms with Crippen LogP contribution in [0.5, 0.6) is 0 Å². The summed E-state index contributed by atoms with van der Waals surface area (Å²) in [5.74, 6) is -0.713. The molecular weight excluding hydrogens is 398 g/mol. The molecule has 0 aromatic heterocycles. The number of nitro benzene ring substituents is 1. The van der Waals surface area contributed by atoms with Crippen molar-refractivity contribution in [1.82, 2.24) is 4.90 Å². The van der Waals surface area contributed by atoms with Crippen LogP contribution in [0, 0.1) is 17.0 Å². The highest BCUT2D eigenvalue weighted by molar-refractivity contribution is 8.26. The van der Waals surface area contributed by atoms with Crippen LogP contribution in [0.1, 0.15) is 11.1 Å². The van der Waals surface area contributed by atoms with E-state index < -0.39 is 4.92 Å². The van der Waals surface area contributed by atoms with E-state index in [9.17, 15) is 19.7 Å². The average Bonchev–Trinajstić information content (AvgIpc) is 2.91. The first-order valence-corrected chi connectivity index (χ1v) is 9.43. The lowest BCUT2D eigenvalue weighted by atomic mass is 10.2. The summed E-state index contributed by atoms with van der Waals surface area (Å²) in [5, 5.41) is 13.5. The van der Waals surface area contributed by atoms with Crippen molar-refractivity contribution in [2.45, 2.75) is 6.92 Å². The normalized spacial score (nSPS) is 15.2. The zero-order chi connectivity index (χ0) is 20.3. The van der Waals surface area contributed by atoms with E-state index in [4.69, 9.17) is 12.2 Å². The molecule has 0 unspecified atom stereocenters. The fourth-order valence-corrected chi connectivity index (χ4v) is 3.78. The predicted octanol–water partition coefficient (Wildman–Crippen LogP) is 3.74. The molecule has 0 aliphatic carbocycles. The molecule has 0 saturated carbocycles. The second-order valence-electron chi connectivity index (χ2n) is 5.98. The first-order chi connectivity index (χ1) is 13.3. The number of amides is 2. The van der Waals surface area contributed by atoms with E-state index >= 15 is 0 Å². The highest BCUT2D eigenvalue weighted by atomic mass is 32.2. The molecule has 3 rings (SSSR count). The lowest BCUT2D eigenvalue weighted by molar-refractivity contribution is -0.384. The number of carbonyl (C=O) groups is 2. The first kappa shape index (κ1) is 19.7. The van der Waals surface area contributed by atoms with Crippen molar-refractivity contribution in [2.24, 2.45) is 0 Å². The molecule has 0 spiro atoms. The summed E-state index contributed by atoms with van der Waals surface area (Å²) in [7, 11) is 0. The van der Waals surface area contributed by atoms with Crippen molar-refractivity contribution in [3.63, 3.8) is 0 Å². The largest absolute Gasteiger partial charge is 0.324 e. The number of hydrogen-bond acceptors (Lipinski definition) is 6. The molecule has 1 saturated heterocycles. The van der Waals surface area contributed by atoms with Crippen LogP contribution >= 0.6 is 24.0 Å². The fourth-order valence-electron chi connectivity index (χ4n) is 2.53. The van der Waals surface area contributed by atoms with Gasteiger partial charge in [-0.1, -0.05) is 42.2 Å². The maximum absolute atomic E-state index is 12.6. The molecule has 2 aromatic rings. The van der Waals surface area contributed by atoms with Crippen molar-refractivity contribution in [3.05, 3.63) is 74.7 Å². The number of thiocarbonyl (C=S) groups is 1. The van der Waals surface area contributed by atoms with E-state index in [0.717, 1.165) is 17.3 Å². The van der Waals surface area contributed by atoms with Crippen molar-refractivity contribution in [1.29, 1.82) is 0 Å². The van der Waals surface area contributed by atoms with E-state index in [1.165, 1.54) is 17.0 Å². The molecule has 142 valence electrons. The number of para-hydroxylation sites is 1. The van der Waals surface area contributed by atoms with Crippen LogP contribution < -0.4 is 5.32 Å². The number of nitrogens with zero attached hydrogens (tertiary/aromatic N) is 2. The molecule has 1 aliphatic heterocycles. The zero-order valence-corrected chi connectivity index (χ0v) is 16.4. The molecule has 2 amide bonds. The summed E-state index contributed by atoms with van der Waals surface area (Å²) in [4.78, 5) is 36.8. The lowest BCUT2D eigenvalue weighted by Crippen LogP contribution is -2.36. The van der Waals surface area contributed by atoms with E-state index in [-0.39, 0.29) is 28.4 Å². The number of rotatable bonds is 5. The Morgan fingerprint density at radius 3 is 2.57 bits per heavy atom. The lowest BCUT2D eigenvalue weighted by Gasteiger charge is -2.15. The van der Waals surface area contributed by atoms with E-state index in [2.05, 4.69) is 5.32 Å². The van der Waals surface area contributed by atoms with Gasteiger partial charge in [0.25, 0.3) is 11.6 Å². The van der Waals surface area contributed by atoms with Gasteiger partial charge in [0.2, 0.25) is 5.91 Å². The number of non-ortho nitro benzene ring substituents is 1. The highest BCUT2D eigenvalue weighted by Crippen LogP contribution is 2.32. The minimum Gasteiger partial charge on any atom is -0.324 e. The van der Waals surface area contributed by atoms with Gasteiger partial charge in [0.1, 0.15) is 10.9 Å². The van der Waals surface area contributed by atoms with E-state index in [0.29, 0.717) is 16.2 Å². The molecule has 2 aromatic carbocycles. The smallest absolute Gasteiger partial charge is 0.269 e. The van der Waals surface area contributed by atoms with Gasteiger partial charge in [-0.3, -0.25) is 24.6 Å². The van der Waals surface area contributed by atoms with Crippen LogP contribution in [0.2, 0.25) is 0 Å². The number of anilines is 1. The first-order valence-electron chi connectivity index (χ1n) is 8.20. The Hall–Kier alpha value is -3.04. The number of thioether (sulfide) groups is 1. The molecule has 0 radical (unpaired) electrons. The van der Waals surface area contributed by atoms with Crippen LogP contribution in [0.3, 0.4) is 0 Å². The Morgan fingerprint density at radius 2 is 1.93 bits per heavy atom. The van der Waals surface area contributed by atoms with Crippen LogP contribution in [-0.4, -0.2) is 32.5 Å². The van der Waals surface area contributed by atoms with Gasteiger partial charge in [-0.25, -0.2) is 0 Å². The highest BCUT2D eigenvalue weighted by Gasteiger charge is 2.33. The number of benzene rings is 2. The van der Waals surface area contributed by atoms with Gasteiger partial charge in [-0.15, -0.1) is 0 Å². The molecule has 0 atom stereocenters. The Labute approximate surface area is 170 Å². The summed E-state index contributed by atoms with van der Waals surface area (Å²) in [6.45, 7) is 1.69. The van der Waals surface area contributed by atoms with Crippen LogP contribution in [0.15, 0.2) is 53.4 Å². The van der Waals surface area contributed by atoms with Gasteiger partial charge in [-0.2, -0.15) is 0 Å². The molecule has 9 heteroatoms. The second-order valence-corrected chi connectivity index (χ2v) is 7.66.